The minimum Gasteiger partial charge on any atom is -0.358 e. The number of carbonyl (C=O) groups excluding carboxylic acids is 2. The fraction of sp³-hybridized carbons (Fsp3) is 0.467. The maximum Gasteiger partial charge on any atom is 0.488 e. The van der Waals surface area contributed by atoms with Crippen LogP contribution in [0.4, 0.5) is 3.89 Å². The lowest BCUT2D eigenvalue weighted by atomic mass is 10.1. The van der Waals surface area contributed by atoms with Crippen LogP contribution in [0.2, 0.25) is 0 Å². The molecule has 8 nitrogen and oxygen atoms in total. The average molecular weight is 373 g/mol. The van der Waals surface area contributed by atoms with Crippen LogP contribution in [-0.2, 0) is 21.8 Å². The predicted octanol–water partition coefficient (Wildman–Crippen LogP) is 0.479. The number of amides is 2. The topological polar surface area (TPSA) is 119 Å². The second-order valence-electron chi connectivity index (χ2n) is 5.74. The Kier molecular flexibility index (Phi) is 5.96. The van der Waals surface area contributed by atoms with E-state index in [0.29, 0.717) is 18.7 Å². The Bertz CT molecular complexity index is 762. The summed E-state index contributed by atoms with van der Waals surface area (Å²) in [5.41, 5.74) is 5.70. The van der Waals surface area contributed by atoms with E-state index in [9.17, 15) is 21.9 Å². The van der Waals surface area contributed by atoms with E-state index in [1.807, 2.05) is 0 Å². The summed E-state index contributed by atoms with van der Waals surface area (Å²) in [6.45, 7) is 2.85. The van der Waals surface area contributed by atoms with Crippen molar-refractivity contribution in [2.45, 2.75) is 32.4 Å². The number of rotatable bonds is 6. The molecule has 3 N–H and O–H groups in total. The number of hydrogen-bond donors (Lipinski definition) is 2. The molecular formula is C15H20FN3O5S. The summed E-state index contributed by atoms with van der Waals surface area (Å²) >= 11 is 0. The molecule has 1 aromatic carbocycles. The van der Waals surface area contributed by atoms with E-state index in [1.165, 1.54) is 25.1 Å². The molecule has 2 amide bonds. The van der Waals surface area contributed by atoms with Crippen LogP contribution in [0.5, 0.6) is 5.75 Å². The predicted molar refractivity (Wildman–Crippen MR) is 87.7 cm³/mol. The molecule has 138 valence electrons. The van der Waals surface area contributed by atoms with Gasteiger partial charge in [-0.2, -0.15) is 8.42 Å². The first-order valence-corrected chi connectivity index (χ1v) is 9.09. The van der Waals surface area contributed by atoms with Crippen molar-refractivity contribution < 1.29 is 26.1 Å². The average Bonchev–Trinajstić information content (AvgIpc) is 3.06. The zero-order valence-electron chi connectivity index (χ0n) is 13.7. The van der Waals surface area contributed by atoms with Crippen molar-refractivity contribution in [2.75, 3.05) is 13.1 Å². The highest BCUT2D eigenvalue weighted by atomic mass is 32.3. The Hall–Kier alpha value is -2.20. The Labute approximate surface area is 145 Å². The molecule has 0 aromatic heterocycles. The molecule has 1 heterocycles. The quantitative estimate of drug-likeness (QED) is 0.700. The van der Waals surface area contributed by atoms with Gasteiger partial charge in [0.05, 0.1) is 5.56 Å². The minimum atomic E-state index is -5.31. The van der Waals surface area contributed by atoms with Crippen molar-refractivity contribution in [3.05, 3.63) is 29.3 Å². The van der Waals surface area contributed by atoms with Crippen LogP contribution in [0.3, 0.4) is 0 Å². The smallest absolute Gasteiger partial charge is 0.358 e. The fourth-order valence-electron chi connectivity index (χ4n) is 2.60. The van der Waals surface area contributed by atoms with Gasteiger partial charge in [-0.05, 0) is 37.5 Å². The Morgan fingerprint density at radius 3 is 2.56 bits per heavy atom. The molecule has 1 fully saturated rings. The van der Waals surface area contributed by atoms with Crippen LogP contribution < -0.4 is 15.2 Å². The molecule has 25 heavy (non-hydrogen) atoms. The summed E-state index contributed by atoms with van der Waals surface area (Å²) < 4.78 is 38.6. The van der Waals surface area contributed by atoms with Crippen LogP contribution >= 0.6 is 0 Å². The zero-order valence-corrected chi connectivity index (χ0v) is 14.5. The summed E-state index contributed by atoms with van der Waals surface area (Å²) in [6.07, 6.45) is 1.83. The van der Waals surface area contributed by atoms with Crippen molar-refractivity contribution in [3.63, 3.8) is 0 Å². The summed E-state index contributed by atoms with van der Waals surface area (Å²) in [6, 6.07) is 3.11. The van der Waals surface area contributed by atoms with Gasteiger partial charge in [0.1, 0.15) is 6.04 Å². The van der Waals surface area contributed by atoms with E-state index < -0.39 is 28.2 Å². The number of nitrogens with one attached hydrogen (secondary N) is 1. The highest BCUT2D eigenvalue weighted by Gasteiger charge is 2.26. The van der Waals surface area contributed by atoms with Crippen LogP contribution in [0.25, 0.3) is 0 Å². The second-order valence-corrected chi connectivity index (χ2v) is 6.69. The normalized spacial score (nSPS) is 15.7. The lowest BCUT2D eigenvalue weighted by molar-refractivity contribution is -0.131. The number of hydrogen-bond acceptors (Lipinski definition) is 6. The van der Waals surface area contributed by atoms with Crippen molar-refractivity contribution in [3.8, 4) is 5.75 Å². The maximum absolute atomic E-state index is 12.9. The largest absolute Gasteiger partial charge is 0.488 e. The van der Waals surface area contributed by atoms with E-state index in [1.54, 1.807) is 4.90 Å². The molecule has 0 spiro atoms. The van der Waals surface area contributed by atoms with Crippen LogP contribution in [-0.4, -0.2) is 44.3 Å². The van der Waals surface area contributed by atoms with Gasteiger partial charge in [-0.25, -0.2) is 0 Å². The molecule has 1 aromatic rings. The van der Waals surface area contributed by atoms with Gasteiger partial charge in [0, 0.05) is 19.6 Å². The third kappa shape index (κ3) is 5.13. The first-order valence-electron chi connectivity index (χ1n) is 7.78. The first kappa shape index (κ1) is 19.1. The maximum atomic E-state index is 12.9. The number of carbonyl (C=O) groups is 2. The van der Waals surface area contributed by atoms with E-state index in [2.05, 4.69) is 9.50 Å². The molecule has 1 unspecified atom stereocenters. The molecule has 0 saturated carbocycles. The lowest BCUT2D eigenvalue weighted by Gasteiger charge is -2.21. The van der Waals surface area contributed by atoms with Crippen molar-refractivity contribution in [2.24, 2.45) is 5.73 Å². The Morgan fingerprint density at radius 2 is 2.00 bits per heavy atom. The van der Waals surface area contributed by atoms with Gasteiger partial charge >= 0.3 is 10.5 Å². The van der Waals surface area contributed by atoms with Crippen LogP contribution in [0.15, 0.2) is 18.2 Å². The number of benzene rings is 1. The van der Waals surface area contributed by atoms with Gasteiger partial charge in [-0.3, -0.25) is 9.59 Å². The fourth-order valence-corrected chi connectivity index (χ4v) is 2.96. The van der Waals surface area contributed by atoms with Crippen molar-refractivity contribution in [1.29, 1.82) is 0 Å². The van der Waals surface area contributed by atoms with Gasteiger partial charge in [-0.1, -0.05) is 9.95 Å². The first-order chi connectivity index (χ1) is 11.7. The van der Waals surface area contributed by atoms with E-state index >= 15 is 0 Å². The van der Waals surface area contributed by atoms with Gasteiger partial charge in [-0.15, -0.1) is 0 Å². The second kappa shape index (κ2) is 7.79. The Morgan fingerprint density at radius 1 is 1.36 bits per heavy atom. The van der Waals surface area contributed by atoms with Gasteiger partial charge in [0.25, 0.3) is 5.91 Å². The number of likely N-dealkylation sites (tertiary alicyclic amines) is 1. The molecule has 2 rings (SSSR count). The number of nitrogens with zero attached hydrogens (tertiary/aromatic N) is 1. The van der Waals surface area contributed by atoms with Crippen LogP contribution in [0.1, 0.15) is 35.7 Å². The molecule has 0 bridgehead atoms. The molecule has 1 aliphatic heterocycles. The molecule has 1 saturated heterocycles. The Balaban J connectivity index is 2.18. The molecule has 1 aliphatic rings. The summed E-state index contributed by atoms with van der Waals surface area (Å²) in [5.74, 6) is -1.46. The van der Waals surface area contributed by atoms with E-state index in [4.69, 9.17) is 5.73 Å². The number of halogens is 1. The molecule has 0 radical (unpaired) electrons. The summed E-state index contributed by atoms with van der Waals surface area (Å²) in [5, 5.41) is 2.48. The zero-order chi connectivity index (χ0) is 18.6. The molecule has 10 heteroatoms. The molecule has 0 aliphatic carbocycles. The van der Waals surface area contributed by atoms with Gasteiger partial charge in [0.2, 0.25) is 5.91 Å². The summed E-state index contributed by atoms with van der Waals surface area (Å²) in [4.78, 5) is 26.2. The van der Waals surface area contributed by atoms with Crippen LogP contribution in [0, 0.1) is 0 Å². The van der Waals surface area contributed by atoms with Gasteiger partial charge in [0.15, 0.2) is 5.75 Å². The standard InChI is InChI=1S/C15H20FN3O5S/c1-10(15(21)19-6-2-3-7-19)18-14(20)12-5-4-11(9-17)8-13(12)24-25(16,22)23/h4-5,8,10H,2-3,6-7,9,17H2,1H3,(H,18,20). The van der Waals surface area contributed by atoms with E-state index in [0.717, 1.165) is 12.8 Å². The third-order valence-corrected chi connectivity index (χ3v) is 4.23. The summed E-state index contributed by atoms with van der Waals surface area (Å²) in [7, 11) is -5.31. The molecular weight excluding hydrogens is 353 g/mol. The minimum absolute atomic E-state index is 0.0500. The third-order valence-electron chi connectivity index (χ3n) is 3.85. The lowest BCUT2D eigenvalue weighted by Crippen LogP contribution is -2.46. The highest BCUT2D eigenvalue weighted by Crippen LogP contribution is 2.23. The highest BCUT2D eigenvalue weighted by molar-refractivity contribution is 7.81. The SMILES string of the molecule is CC(NC(=O)c1ccc(CN)cc1OS(=O)(=O)F)C(=O)N1CCCC1. The van der Waals surface area contributed by atoms with E-state index in [-0.39, 0.29) is 18.0 Å². The van der Waals surface area contributed by atoms with Crippen molar-refractivity contribution in [1.82, 2.24) is 10.2 Å². The van der Waals surface area contributed by atoms with Gasteiger partial charge < -0.3 is 20.1 Å². The number of nitrogens with two attached hydrogens (primary N) is 1. The monoisotopic (exact) mass is 373 g/mol. The van der Waals surface area contributed by atoms with Crippen molar-refractivity contribution >= 4 is 22.3 Å². The molecule has 1 atom stereocenters.